The molecule has 1 fully saturated rings. The van der Waals surface area contributed by atoms with Crippen LogP contribution in [0.25, 0.3) is 0 Å². The zero-order chi connectivity index (χ0) is 15.4. The van der Waals surface area contributed by atoms with Crippen molar-refractivity contribution in [1.29, 1.82) is 0 Å². The van der Waals surface area contributed by atoms with Crippen molar-refractivity contribution in [3.8, 4) is 0 Å². The van der Waals surface area contributed by atoms with Gasteiger partial charge in [0.1, 0.15) is 0 Å². The molecule has 1 aliphatic carbocycles. The molecule has 1 aliphatic rings. The predicted octanol–water partition coefficient (Wildman–Crippen LogP) is 1.75. The molecule has 0 aliphatic heterocycles. The zero-order valence-corrected chi connectivity index (χ0v) is 12.6. The Labute approximate surface area is 125 Å². The normalized spacial score (nSPS) is 15.6. The SMILES string of the molecule is CC(C)C(CN)C(=O)Nc1ccccc1C(=O)NC1CC1. The fourth-order valence-electron chi connectivity index (χ4n) is 2.19. The number of nitrogens with two attached hydrogens (primary N) is 1. The average Bonchev–Trinajstić information content (AvgIpc) is 3.23. The van der Waals surface area contributed by atoms with Crippen LogP contribution in [0.15, 0.2) is 24.3 Å². The van der Waals surface area contributed by atoms with E-state index in [-0.39, 0.29) is 29.7 Å². The summed E-state index contributed by atoms with van der Waals surface area (Å²) in [5.74, 6) is -0.381. The molecule has 1 aromatic rings. The van der Waals surface area contributed by atoms with Crippen LogP contribution < -0.4 is 16.4 Å². The van der Waals surface area contributed by atoms with Gasteiger partial charge in [-0.25, -0.2) is 0 Å². The Bertz CT molecular complexity index is 524. The Morgan fingerprint density at radius 2 is 1.95 bits per heavy atom. The zero-order valence-electron chi connectivity index (χ0n) is 12.6. The van der Waals surface area contributed by atoms with Gasteiger partial charge in [-0.15, -0.1) is 0 Å². The second-order valence-corrected chi connectivity index (χ2v) is 5.87. The lowest BCUT2D eigenvalue weighted by atomic mass is 9.95. The molecule has 0 bridgehead atoms. The molecule has 1 aromatic carbocycles. The summed E-state index contributed by atoms with van der Waals surface area (Å²) in [4.78, 5) is 24.5. The molecule has 2 rings (SSSR count). The molecule has 4 N–H and O–H groups in total. The van der Waals surface area contributed by atoms with Crippen molar-refractivity contribution in [2.75, 3.05) is 11.9 Å². The van der Waals surface area contributed by atoms with E-state index in [1.165, 1.54) is 0 Å². The van der Waals surface area contributed by atoms with Crippen LogP contribution in [0.5, 0.6) is 0 Å². The van der Waals surface area contributed by atoms with Crippen LogP contribution in [-0.2, 0) is 4.79 Å². The van der Waals surface area contributed by atoms with Crippen molar-refractivity contribution in [2.45, 2.75) is 32.7 Å². The summed E-state index contributed by atoms with van der Waals surface area (Å²) in [7, 11) is 0. The van der Waals surface area contributed by atoms with E-state index in [0.29, 0.717) is 17.8 Å². The van der Waals surface area contributed by atoms with Crippen molar-refractivity contribution in [3.05, 3.63) is 29.8 Å². The minimum absolute atomic E-state index is 0.137. The Morgan fingerprint density at radius 1 is 1.29 bits per heavy atom. The Morgan fingerprint density at radius 3 is 2.52 bits per heavy atom. The molecule has 0 saturated heterocycles. The molecule has 0 radical (unpaired) electrons. The summed E-state index contributed by atoms with van der Waals surface area (Å²) in [6.45, 7) is 4.21. The lowest BCUT2D eigenvalue weighted by Gasteiger charge is -2.19. The molecule has 1 atom stereocenters. The monoisotopic (exact) mass is 289 g/mol. The smallest absolute Gasteiger partial charge is 0.253 e. The number of amides is 2. The minimum atomic E-state index is -0.260. The van der Waals surface area contributed by atoms with Gasteiger partial charge in [0.05, 0.1) is 17.2 Å². The lowest BCUT2D eigenvalue weighted by molar-refractivity contribution is -0.120. The summed E-state index contributed by atoms with van der Waals surface area (Å²) in [5.41, 5.74) is 6.70. The van der Waals surface area contributed by atoms with Gasteiger partial charge in [-0.1, -0.05) is 26.0 Å². The van der Waals surface area contributed by atoms with Crippen LogP contribution in [0.3, 0.4) is 0 Å². The van der Waals surface area contributed by atoms with Crippen molar-refractivity contribution in [1.82, 2.24) is 5.32 Å². The number of benzene rings is 1. The summed E-state index contributed by atoms with van der Waals surface area (Å²) in [6, 6.07) is 7.35. The van der Waals surface area contributed by atoms with Crippen LogP contribution >= 0.6 is 0 Å². The van der Waals surface area contributed by atoms with Gasteiger partial charge in [0.15, 0.2) is 0 Å². The van der Waals surface area contributed by atoms with E-state index in [2.05, 4.69) is 10.6 Å². The molecule has 21 heavy (non-hydrogen) atoms. The first-order chi connectivity index (χ1) is 10.0. The molecule has 0 heterocycles. The van der Waals surface area contributed by atoms with Crippen LogP contribution in [-0.4, -0.2) is 24.4 Å². The molecule has 0 spiro atoms. The van der Waals surface area contributed by atoms with Gasteiger partial charge in [0.25, 0.3) is 5.91 Å². The van der Waals surface area contributed by atoms with Gasteiger partial charge >= 0.3 is 0 Å². The third-order valence-corrected chi connectivity index (χ3v) is 3.74. The molecular formula is C16H23N3O2. The summed E-state index contributed by atoms with van der Waals surface area (Å²) < 4.78 is 0. The molecule has 0 aromatic heterocycles. The van der Waals surface area contributed by atoms with E-state index in [1.54, 1.807) is 24.3 Å². The first-order valence-electron chi connectivity index (χ1n) is 7.43. The Hall–Kier alpha value is -1.88. The quantitative estimate of drug-likeness (QED) is 0.746. The van der Waals surface area contributed by atoms with E-state index in [1.807, 2.05) is 13.8 Å². The highest BCUT2D eigenvalue weighted by molar-refractivity contribution is 6.04. The number of rotatable bonds is 6. The van der Waals surface area contributed by atoms with Gasteiger partial charge in [0.2, 0.25) is 5.91 Å². The molecule has 5 nitrogen and oxygen atoms in total. The molecule has 114 valence electrons. The van der Waals surface area contributed by atoms with Gasteiger partial charge in [-0.3, -0.25) is 9.59 Å². The third kappa shape index (κ3) is 4.04. The number of hydrogen-bond donors (Lipinski definition) is 3. The Kier molecular flexibility index (Phi) is 4.96. The number of carbonyl (C=O) groups excluding carboxylic acids is 2. The van der Waals surface area contributed by atoms with Crippen molar-refractivity contribution in [2.24, 2.45) is 17.6 Å². The van der Waals surface area contributed by atoms with E-state index >= 15 is 0 Å². The molecule has 1 unspecified atom stereocenters. The van der Waals surface area contributed by atoms with Gasteiger partial charge in [-0.05, 0) is 30.9 Å². The lowest BCUT2D eigenvalue weighted by Crippen LogP contribution is -2.34. The predicted molar refractivity (Wildman–Crippen MR) is 82.9 cm³/mol. The summed E-state index contributed by atoms with van der Waals surface area (Å²) in [5, 5.41) is 5.77. The molecular weight excluding hydrogens is 266 g/mol. The highest BCUT2D eigenvalue weighted by atomic mass is 16.2. The highest BCUT2D eigenvalue weighted by Crippen LogP contribution is 2.22. The first-order valence-corrected chi connectivity index (χ1v) is 7.43. The Balaban J connectivity index is 2.12. The summed E-state index contributed by atoms with van der Waals surface area (Å²) >= 11 is 0. The van der Waals surface area contributed by atoms with Crippen LogP contribution in [0.1, 0.15) is 37.0 Å². The van der Waals surface area contributed by atoms with E-state index in [4.69, 9.17) is 5.73 Å². The number of hydrogen-bond acceptors (Lipinski definition) is 3. The maximum Gasteiger partial charge on any atom is 0.253 e. The first kappa shape index (κ1) is 15.5. The highest BCUT2D eigenvalue weighted by Gasteiger charge is 2.26. The minimum Gasteiger partial charge on any atom is -0.349 e. The van der Waals surface area contributed by atoms with Crippen LogP contribution in [0.2, 0.25) is 0 Å². The second-order valence-electron chi connectivity index (χ2n) is 5.87. The average molecular weight is 289 g/mol. The van der Waals surface area contributed by atoms with Crippen molar-refractivity contribution >= 4 is 17.5 Å². The number of nitrogens with one attached hydrogen (secondary N) is 2. The summed E-state index contributed by atoms with van der Waals surface area (Å²) in [6.07, 6.45) is 2.06. The molecule has 1 saturated carbocycles. The topological polar surface area (TPSA) is 84.2 Å². The van der Waals surface area contributed by atoms with Crippen molar-refractivity contribution in [3.63, 3.8) is 0 Å². The van der Waals surface area contributed by atoms with Gasteiger partial charge in [0, 0.05) is 12.6 Å². The fourth-order valence-corrected chi connectivity index (χ4v) is 2.19. The van der Waals surface area contributed by atoms with Crippen LogP contribution in [0.4, 0.5) is 5.69 Å². The van der Waals surface area contributed by atoms with Gasteiger partial charge in [-0.2, -0.15) is 0 Å². The van der Waals surface area contributed by atoms with Crippen LogP contribution in [0, 0.1) is 11.8 Å². The molecule has 5 heteroatoms. The standard InChI is InChI=1S/C16H23N3O2/c1-10(2)13(9-17)16(21)19-14-6-4-3-5-12(14)15(20)18-11-7-8-11/h3-6,10-11,13H,7-9,17H2,1-2H3,(H,18,20)(H,19,21). The van der Waals surface area contributed by atoms with Crippen molar-refractivity contribution < 1.29 is 9.59 Å². The molecule has 2 amide bonds. The maximum absolute atomic E-state index is 12.3. The fraction of sp³-hybridized carbons (Fsp3) is 0.500. The van der Waals surface area contributed by atoms with Gasteiger partial charge < -0.3 is 16.4 Å². The van der Waals surface area contributed by atoms with E-state index < -0.39 is 0 Å². The van der Waals surface area contributed by atoms with E-state index in [9.17, 15) is 9.59 Å². The largest absolute Gasteiger partial charge is 0.349 e. The number of carbonyl (C=O) groups is 2. The third-order valence-electron chi connectivity index (χ3n) is 3.74. The van der Waals surface area contributed by atoms with E-state index in [0.717, 1.165) is 12.8 Å². The number of anilines is 1. The second kappa shape index (κ2) is 6.72. The number of para-hydroxylation sites is 1. The maximum atomic E-state index is 12.3.